The van der Waals surface area contributed by atoms with Crippen molar-refractivity contribution in [3.63, 3.8) is 0 Å². The minimum Gasteiger partial charge on any atom is -0.489 e. The average Bonchev–Trinajstić information content (AvgIpc) is 3.03. The minimum absolute atomic E-state index is 0.0772. The molecule has 1 aliphatic heterocycles. The fraction of sp³-hybridized carbons (Fsp3) is 0.235. The summed E-state index contributed by atoms with van der Waals surface area (Å²) in [4.78, 5) is 11.1. The molecule has 4 nitrogen and oxygen atoms in total. The van der Waals surface area contributed by atoms with Crippen LogP contribution < -0.4 is 10.1 Å². The number of carboxylic acid groups (broad SMARTS) is 1. The van der Waals surface area contributed by atoms with Crippen LogP contribution in [0.3, 0.4) is 0 Å². The molecular formula is C17H16ClNO3S. The largest absolute Gasteiger partial charge is 0.489 e. The highest BCUT2D eigenvalue weighted by atomic mass is 35.5. The molecule has 1 fully saturated rings. The van der Waals surface area contributed by atoms with Crippen LogP contribution in [0.15, 0.2) is 48.5 Å². The maximum Gasteiger partial charge on any atom is 0.321 e. The van der Waals surface area contributed by atoms with Crippen LogP contribution in [0.2, 0.25) is 5.02 Å². The summed E-state index contributed by atoms with van der Waals surface area (Å²) in [5.41, 5.74) is 1.95. The van der Waals surface area contributed by atoms with Crippen molar-refractivity contribution in [3.05, 3.63) is 64.7 Å². The molecule has 1 heterocycles. The Morgan fingerprint density at radius 3 is 2.87 bits per heavy atom. The fourth-order valence-corrected chi connectivity index (χ4v) is 3.88. The van der Waals surface area contributed by atoms with Gasteiger partial charge in [0, 0.05) is 16.3 Å². The second kappa shape index (κ2) is 7.25. The molecule has 2 atom stereocenters. The Balaban J connectivity index is 1.72. The molecule has 1 aliphatic rings. The zero-order chi connectivity index (χ0) is 16.2. The third-order valence-electron chi connectivity index (χ3n) is 3.57. The van der Waals surface area contributed by atoms with E-state index in [1.54, 1.807) is 11.8 Å². The third-order valence-corrected chi connectivity index (χ3v) is 5.05. The quantitative estimate of drug-likeness (QED) is 0.861. The summed E-state index contributed by atoms with van der Waals surface area (Å²) in [6.07, 6.45) is 0. The molecule has 0 bridgehead atoms. The van der Waals surface area contributed by atoms with E-state index in [4.69, 9.17) is 21.4 Å². The van der Waals surface area contributed by atoms with E-state index in [0.717, 1.165) is 16.9 Å². The molecule has 0 aliphatic carbocycles. The molecule has 0 aromatic heterocycles. The van der Waals surface area contributed by atoms with Gasteiger partial charge in [-0.2, -0.15) is 0 Å². The van der Waals surface area contributed by atoms with Crippen molar-refractivity contribution in [2.45, 2.75) is 18.0 Å². The summed E-state index contributed by atoms with van der Waals surface area (Å²) >= 11 is 7.56. The lowest BCUT2D eigenvalue weighted by Crippen LogP contribution is -2.33. The molecule has 0 saturated carbocycles. The lowest BCUT2D eigenvalue weighted by Gasteiger charge is -2.16. The van der Waals surface area contributed by atoms with Gasteiger partial charge in [-0.25, -0.2) is 0 Å². The first-order chi connectivity index (χ1) is 11.1. The zero-order valence-electron chi connectivity index (χ0n) is 12.2. The number of carboxylic acids is 1. The first-order valence-electron chi connectivity index (χ1n) is 7.20. The molecule has 0 amide bonds. The first-order valence-corrected chi connectivity index (χ1v) is 8.63. The third kappa shape index (κ3) is 3.99. The van der Waals surface area contributed by atoms with Gasteiger partial charge in [-0.15, -0.1) is 11.8 Å². The number of nitrogens with one attached hydrogen (secondary N) is 1. The Hall–Kier alpha value is -1.69. The molecule has 2 N–H and O–H groups in total. The number of thioether (sulfide) groups is 1. The number of hydrogen-bond acceptors (Lipinski definition) is 4. The van der Waals surface area contributed by atoms with Crippen molar-refractivity contribution in [2.75, 3.05) is 5.75 Å². The van der Waals surface area contributed by atoms with Crippen molar-refractivity contribution in [1.29, 1.82) is 0 Å². The summed E-state index contributed by atoms with van der Waals surface area (Å²) in [5, 5.41) is 12.8. The Morgan fingerprint density at radius 1 is 1.30 bits per heavy atom. The number of rotatable bonds is 5. The number of carbonyl (C=O) groups is 1. The van der Waals surface area contributed by atoms with Gasteiger partial charge in [0.15, 0.2) is 0 Å². The van der Waals surface area contributed by atoms with Gasteiger partial charge in [-0.1, -0.05) is 41.9 Å². The van der Waals surface area contributed by atoms with E-state index in [-0.39, 0.29) is 5.37 Å². The molecule has 120 valence electrons. The van der Waals surface area contributed by atoms with Crippen LogP contribution in [0.25, 0.3) is 0 Å². The van der Waals surface area contributed by atoms with Crippen LogP contribution >= 0.6 is 23.4 Å². The number of benzene rings is 2. The van der Waals surface area contributed by atoms with E-state index in [1.165, 1.54) is 0 Å². The molecule has 0 radical (unpaired) electrons. The average molecular weight is 350 g/mol. The number of hydrogen-bond donors (Lipinski definition) is 2. The van der Waals surface area contributed by atoms with E-state index in [0.29, 0.717) is 17.4 Å². The second-order valence-corrected chi connectivity index (χ2v) is 6.80. The van der Waals surface area contributed by atoms with Gasteiger partial charge in [-0.3, -0.25) is 10.1 Å². The lowest BCUT2D eigenvalue weighted by molar-refractivity contribution is -0.138. The van der Waals surface area contributed by atoms with Gasteiger partial charge >= 0.3 is 5.97 Å². The van der Waals surface area contributed by atoms with Gasteiger partial charge in [-0.05, 0) is 23.8 Å². The number of aliphatic carboxylic acids is 1. The van der Waals surface area contributed by atoms with E-state index >= 15 is 0 Å². The van der Waals surface area contributed by atoms with Gasteiger partial charge in [0.05, 0.1) is 5.37 Å². The molecule has 23 heavy (non-hydrogen) atoms. The van der Waals surface area contributed by atoms with Crippen LogP contribution in [0, 0.1) is 0 Å². The summed E-state index contributed by atoms with van der Waals surface area (Å²) in [6.45, 7) is 0.414. The van der Waals surface area contributed by atoms with Gasteiger partial charge in [0.2, 0.25) is 0 Å². The molecular weight excluding hydrogens is 334 g/mol. The highest BCUT2D eigenvalue weighted by Gasteiger charge is 2.31. The van der Waals surface area contributed by atoms with Gasteiger partial charge < -0.3 is 9.84 Å². The maximum absolute atomic E-state index is 11.1. The Labute approximate surface area is 143 Å². The Morgan fingerprint density at radius 2 is 2.13 bits per heavy atom. The highest BCUT2D eigenvalue weighted by Crippen LogP contribution is 2.37. The zero-order valence-corrected chi connectivity index (χ0v) is 13.8. The summed E-state index contributed by atoms with van der Waals surface area (Å²) in [5.74, 6) is 0.476. The minimum atomic E-state index is -0.822. The van der Waals surface area contributed by atoms with Crippen molar-refractivity contribution in [1.82, 2.24) is 5.32 Å². The summed E-state index contributed by atoms with van der Waals surface area (Å²) < 4.78 is 5.93. The van der Waals surface area contributed by atoms with E-state index in [1.807, 2.05) is 48.5 Å². The second-order valence-electron chi connectivity index (χ2n) is 5.23. The number of para-hydroxylation sites is 1. The van der Waals surface area contributed by atoms with Crippen molar-refractivity contribution >= 4 is 29.3 Å². The number of halogens is 1. The van der Waals surface area contributed by atoms with Crippen LogP contribution in [-0.4, -0.2) is 22.9 Å². The summed E-state index contributed by atoms with van der Waals surface area (Å²) in [6, 6.07) is 14.7. The standard InChI is InChI=1S/C17H16ClNO3S/c18-12-5-3-4-11(8-12)9-22-15-7-2-1-6-13(15)16-19-14(10-23-16)17(20)21/h1-8,14,16,19H,9-10H2,(H,20,21)/t14-,16-/m0/s1. The molecule has 3 rings (SSSR count). The predicted molar refractivity (Wildman–Crippen MR) is 92.0 cm³/mol. The lowest BCUT2D eigenvalue weighted by atomic mass is 10.2. The van der Waals surface area contributed by atoms with E-state index in [2.05, 4.69) is 5.32 Å². The molecule has 2 aromatic rings. The molecule has 6 heteroatoms. The van der Waals surface area contributed by atoms with Crippen molar-refractivity contribution < 1.29 is 14.6 Å². The van der Waals surface area contributed by atoms with Crippen molar-refractivity contribution in [3.8, 4) is 5.75 Å². The summed E-state index contributed by atoms with van der Waals surface area (Å²) in [7, 11) is 0. The molecule has 2 aromatic carbocycles. The fourth-order valence-electron chi connectivity index (χ4n) is 2.41. The van der Waals surface area contributed by atoms with Crippen LogP contribution in [0.1, 0.15) is 16.5 Å². The molecule has 0 spiro atoms. The molecule has 1 saturated heterocycles. The van der Waals surface area contributed by atoms with Crippen LogP contribution in [-0.2, 0) is 11.4 Å². The van der Waals surface area contributed by atoms with Gasteiger partial charge in [0.25, 0.3) is 0 Å². The molecule has 0 unspecified atom stereocenters. The number of ether oxygens (including phenoxy) is 1. The smallest absolute Gasteiger partial charge is 0.321 e. The monoisotopic (exact) mass is 349 g/mol. The van der Waals surface area contributed by atoms with Gasteiger partial charge in [0.1, 0.15) is 18.4 Å². The normalized spacial score (nSPS) is 20.4. The Bertz CT molecular complexity index is 710. The predicted octanol–water partition coefficient (Wildman–Crippen LogP) is 3.71. The first kappa shape index (κ1) is 16.2. The van der Waals surface area contributed by atoms with E-state index < -0.39 is 12.0 Å². The topological polar surface area (TPSA) is 58.6 Å². The SMILES string of the molecule is O=C(O)[C@@H]1CS[C@@H](c2ccccc2OCc2cccc(Cl)c2)N1. The highest BCUT2D eigenvalue weighted by molar-refractivity contribution is 7.99. The van der Waals surface area contributed by atoms with Crippen molar-refractivity contribution in [2.24, 2.45) is 0 Å². The van der Waals surface area contributed by atoms with Crippen LogP contribution in [0.4, 0.5) is 0 Å². The maximum atomic E-state index is 11.1. The Kier molecular flexibility index (Phi) is 5.10. The van der Waals surface area contributed by atoms with Crippen LogP contribution in [0.5, 0.6) is 5.75 Å². The van der Waals surface area contributed by atoms with E-state index in [9.17, 15) is 4.79 Å².